The number of pyridine rings is 1. The first-order valence-electron chi connectivity index (χ1n) is 4.98. The van der Waals surface area contributed by atoms with E-state index in [4.69, 9.17) is 11.0 Å². The number of hydrogen-bond donors (Lipinski definition) is 3. The summed E-state index contributed by atoms with van der Waals surface area (Å²) in [4.78, 5) is 8.10. The van der Waals surface area contributed by atoms with Gasteiger partial charge in [-0.1, -0.05) is 0 Å². The second-order valence-corrected chi connectivity index (χ2v) is 3.51. The van der Waals surface area contributed by atoms with E-state index in [1.54, 1.807) is 6.07 Å². The molecule has 0 spiro atoms. The van der Waals surface area contributed by atoms with Crippen LogP contribution in [0.2, 0.25) is 0 Å². The van der Waals surface area contributed by atoms with Crippen LogP contribution in [0.4, 0.5) is 11.5 Å². The highest BCUT2D eigenvalue weighted by atomic mass is 15.2. The van der Waals surface area contributed by atoms with Gasteiger partial charge in [0.25, 0.3) is 0 Å². The Balaban J connectivity index is 2.17. The van der Waals surface area contributed by atoms with Gasteiger partial charge >= 0.3 is 0 Å². The van der Waals surface area contributed by atoms with Crippen molar-refractivity contribution in [1.82, 2.24) is 20.2 Å². The number of nitrogens with two attached hydrogens (primary N) is 1. The third-order valence-corrected chi connectivity index (χ3v) is 2.24. The van der Waals surface area contributed by atoms with Crippen molar-refractivity contribution in [2.24, 2.45) is 0 Å². The molecule has 0 bridgehead atoms. The fourth-order valence-electron chi connectivity index (χ4n) is 1.36. The largest absolute Gasteiger partial charge is 0.396 e. The normalized spacial score (nSPS) is 11.8. The Morgan fingerprint density at radius 2 is 2.35 bits per heavy atom. The molecule has 0 aliphatic carbocycles. The van der Waals surface area contributed by atoms with Crippen molar-refractivity contribution in [2.75, 3.05) is 11.1 Å². The van der Waals surface area contributed by atoms with E-state index in [-0.39, 0.29) is 6.04 Å². The molecule has 2 aromatic rings. The number of H-pyrrole nitrogens is 1. The molecular formula is C10H11N7. The van der Waals surface area contributed by atoms with Gasteiger partial charge in [-0.3, -0.25) is 5.10 Å². The molecule has 0 radical (unpaired) electrons. The third kappa shape index (κ3) is 2.31. The summed E-state index contributed by atoms with van der Waals surface area (Å²) in [6, 6.07) is 3.45. The first kappa shape index (κ1) is 10.9. The molecule has 2 rings (SSSR count). The van der Waals surface area contributed by atoms with E-state index in [0.717, 1.165) is 0 Å². The highest BCUT2D eigenvalue weighted by Gasteiger charge is 2.10. The Kier molecular flexibility index (Phi) is 2.87. The Morgan fingerprint density at radius 3 is 2.94 bits per heavy atom. The van der Waals surface area contributed by atoms with Crippen LogP contribution < -0.4 is 11.1 Å². The molecular weight excluding hydrogens is 218 g/mol. The van der Waals surface area contributed by atoms with Gasteiger partial charge in [-0.2, -0.15) is 10.4 Å². The highest BCUT2D eigenvalue weighted by molar-refractivity contribution is 5.63. The van der Waals surface area contributed by atoms with Gasteiger partial charge in [-0.25, -0.2) is 9.97 Å². The molecule has 1 unspecified atom stereocenters. The zero-order valence-electron chi connectivity index (χ0n) is 9.18. The summed E-state index contributed by atoms with van der Waals surface area (Å²) in [6.07, 6.45) is 2.90. The first-order valence-corrected chi connectivity index (χ1v) is 4.98. The molecule has 2 aromatic heterocycles. The summed E-state index contributed by atoms with van der Waals surface area (Å²) in [6.45, 7) is 1.90. The summed E-state index contributed by atoms with van der Waals surface area (Å²) in [5.74, 6) is 1.21. The summed E-state index contributed by atoms with van der Waals surface area (Å²) in [5.41, 5.74) is 6.63. The molecule has 2 heterocycles. The average molecular weight is 229 g/mol. The quantitative estimate of drug-likeness (QED) is 0.717. The molecule has 1 atom stereocenters. The lowest BCUT2D eigenvalue weighted by atomic mass is 10.2. The second-order valence-electron chi connectivity index (χ2n) is 3.51. The minimum atomic E-state index is -0.0970. The van der Waals surface area contributed by atoms with E-state index in [0.29, 0.717) is 22.9 Å². The van der Waals surface area contributed by atoms with Gasteiger partial charge < -0.3 is 11.1 Å². The summed E-state index contributed by atoms with van der Waals surface area (Å²) >= 11 is 0. The molecule has 86 valence electrons. The summed E-state index contributed by atoms with van der Waals surface area (Å²) < 4.78 is 0. The van der Waals surface area contributed by atoms with Crippen LogP contribution >= 0.6 is 0 Å². The van der Waals surface area contributed by atoms with Crippen LogP contribution in [-0.2, 0) is 0 Å². The highest BCUT2D eigenvalue weighted by Crippen LogP contribution is 2.20. The van der Waals surface area contributed by atoms with Gasteiger partial charge in [-0.05, 0) is 13.0 Å². The standard InChI is InChI=1S/C10H11N7/c1-6(9-14-5-15-17-9)16-10-8(12)2-7(3-11)4-13-10/h2,4-6H,12H2,1H3,(H,13,16)(H,14,15,17). The first-order chi connectivity index (χ1) is 8.20. The summed E-state index contributed by atoms with van der Waals surface area (Å²) in [5, 5.41) is 18.3. The molecule has 0 amide bonds. The van der Waals surface area contributed by atoms with Crippen LogP contribution in [0.1, 0.15) is 24.4 Å². The molecule has 0 aliphatic rings. The number of nitrogens with one attached hydrogen (secondary N) is 2. The predicted molar refractivity (Wildman–Crippen MR) is 61.8 cm³/mol. The number of aromatic amines is 1. The molecule has 0 aromatic carbocycles. The average Bonchev–Trinajstić information content (AvgIpc) is 2.85. The molecule has 0 saturated carbocycles. The van der Waals surface area contributed by atoms with Crippen molar-refractivity contribution in [3.8, 4) is 6.07 Å². The number of rotatable bonds is 3. The van der Waals surface area contributed by atoms with E-state index in [9.17, 15) is 0 Å². The molecule has 0 aliphatic heterocycles. The monoisotopic (exact) mass is 229 g/mol. The maximum absolute atomic E-state index is 8.70. The fraction of sp³-hybridized carbons (Fsp3) is 0.200. The van der Waals surface area contributed by atoms with Crippen molar-refractivity contribution >= 4 is 11.5 Å². The SMILES string of the molecule is CC(Nc1ncc(C#N)cc1N)c1ncn[nH]1. The summed E-state index contributed by atoms with van der Waals surface area (Å²) in [7, 11) is 0. The lowest BCUT2D eigenvalue weighted by Gasteiger charge is -2.13. The van der Waals surface area contributed by atoms with Crippen molar-refractivity contribution in [3.63, 3.8) is 0 Å². The van der Waals surface area contributed by atoms with Gasteiger partial charge in [0, 0.05) is 6.20 Å². The topological polar surface area (TPSA) is 116 Å². The van der Waals surface area contributed by atoms with E-state index < -0.39 is 0 Å². The third-order valence-electron chi connectivity index (χ3n) is 2.24. The van der Waals surface area contributed by atoms with Gasteiger partial charge in [0.15, 0.2) is 0 Å². The van der Waals surface area contributed by atoms with Gasteiger partial charge in [-0.15, -0.1) is 0 Å². The Labute approximate surface area is 97.7 Å². The molecule has 7 heteroatoms. The number of anilines is 2. The second kappa shape index (κ2) is 4.49. The zero-order chi connectivity index (χ0) is 12.3. The molecule has 0 saturated heterocycles. The maximum Gasteiger partial charge on any atom is 0.149 e. The van der Waals surface area contributed by atoms with Crippen molar-refractivity contribution < 1.29 is 0 Å². The molecule has 17 heavy (non-hydrogen) atoms. The van der Waals surface area contributed by atoms with Crippen molar-refractivity contribution in [2.45, 2.75) is 13.0 Å². The van der Waals surface area contributed by atoms with Crippen LogP contribution in [0, 0.1) is 11.3 Å². The number of nitrogen functional groups attached to an aromatic ring is 1. The van der Waals surface area contributed by atoms with Crippen molar-refractivity contribution in [3.05, 3.63) is 30.0 Å². The number of nitriles is 1. The van der Waals surface area contributed by atoms with Gasteiger partial charge in [0.05, 0.1) is 17.3 Å². The lowest BCUT2D eigenvalue weighted by molar-refractivity contribution is 0.791. The Bertz CT molecular complexity index is 540. The van der Waals surface area contributed by atoms with Crippen LogP contribution in [0.15, 0.2) is 18.6 Å². The fourth-order valence-corrected chi connectivity index (χ4v) is 1.36. The van der Waals surface area contributed by atoms with Crippen LogP contribution in [-0.4, -0.2) is 20.2 Å². The lowest BCUT2D eigenvalue weighted by Crippen LogP contribution is -2.11. The predicted octanol–water partition coefficient (Wildman–Crippen LogP) is 0.827. The van der Waals surface area contributed by atoms with E-state index >= 15 is 0 Å². The Hall–Kier alpha value is -2.62. The molecule has 0 fully saturated rings. The number of nitrogens with zero attached hydrogens (tertiary/aromatic N) is 4. The van der Waals surface area contributed by atoms with E-state index in [1.807, 2.05) is 13.0 Å². The minimum absolute atomic E-state index is 0.0970. The van der Waals surface area contributed by atoms with Gasteiger partial charge in [0.1, 0.15) is 24.0 Å². The number of aromatic nitrogens is 4. The van der Waals surface area contributed by atoms with E-state index in [2.05, 4.69) is 25.5 Å². The Morgan fingerprint density at radius 1 is 1.53 bits per heavy atom. The molecule has 4 N–H and O–H groups in total. The van der Waals surface area contributed by atoms with Crippen LogP contribution in [0.25, 0.3) is 0 Å². The number of hydrogen-bond acceptors (Lipinski definition) is 6. The molecule has 7 nitrogen and oxygen atoms in total. The van der Waals surface area contributed by atoms with Crippen LogP contribution in [0.5, 0.6) is 0 Å². The smallest absolute Gasteiger partial charge is 0.149 e. The van der Waals surface area contributed by atoms with Crippen LogP contribution in [0.3, 0.4) is 0 Å². The van der Waals surface area contributed by atoms with E-state index in [1.165, 1.54) is 12.5 Å². The minimum Gasteiger partial charge on any atom is -0.396 e. The van der Waals surface area contributed by atoms with Crippen molar-refractivity contribution in [1.29, 1.82) is 5.26 Å². The van der Waals surface area contributed by atoms with Gasteiger partial charge in [0.2, 0.25) is 0 Å². The maximum atomic E-state index is 8.70. The zero-order valence-corrected chi connectivity index (χ0v) is 9.18.